The first-order valence-electron chi connectivity index (χ1n) is 13.4. The molecule has 2 heterocycles. The van der Waals surface area contributed by atoms with Crippen LogP contribution < -0.4 is 20.7 Å². The number of benzene rings is 1. The Morgan fingerprint density at radius 3 is 2.26 bits per heavy atom. The van der Waals surface area contributed by atoms with Crippen LogP contribution in [0.4, 0.5) is 10.5 Å². The van der Waals surface area contributed by atoms with Gasteiger partial charge in [0.1, 0.15) is 5.75 Å². The summed E-state index contributed by atoms with van der Waals surface area (Å²) in [6.45, 7) is 2.62. The number of nitrogens with one attached hydrogen (secondary N) is 3. The molecule has 0 spiro atoms. The monoisotopic (exact) mass is 482 g/mol. The molecular weight excluding hydrogens is 444 g/mol. The lowest BCUT2D eigenvalue weighted by Crippen LogP contribution is -2.63. The van der Waals surface area contributed by atoms with Gasteiger partial charge in [0.2, 0.25) is 0 Å². The topological polar surface area (TPSA) is 65.6 Å². The first kappa shape index (κ1) is 22.4. The molecule has 184 valence electrons. The van der Waals surface area contributed by atoms with Crippen LogP contribution in [-0.2, 0) is 0 Å². The lowest BCUT2D eigenvalue weighted by Gasteiger charge is -2.56. The molecule has 6 nitrogen and oxygen atoms in total. The standard InChI is InChI=1S/C27H38N4O2S/c1-2-33-24-6-4-3-5-23(24)29-26(34)31-21-7-8-22(31)13-20(12-21)28-25(32)30-27-14-17-9-18(15-27)11-19(10-17)16-27/h3-6,17-22H,2,7-16H2,1H3,(H,29,34)(H2,28,30,32)/t17?,18?,19?,21-,22-,27?/m0/s1. The predicted octanol–water partition coefficient (Wildman–Crippen LogP) is 5.05. The molecule has 2 saturated heterocycles. The lowest BCUT2D eigenvalue weighted by atomic mass is 9.53. The largest absolute Gasteiger partial charge is 0.492 e. The average molecular weight is 483 g/mol. The number of amides is 2. The van der Waals surface area contributed by atoms with Gasteiger partial charge in [0.25, 0.3) is 0 Å². The highest BCUT2D eigenvalue weighted by Gasteiger charge is 2.52. The van der Waals surface area contributed by atoms with Gasteiger partial charge in [-0.2, -0.15) is 0 Å². The summed E-state index contributed by atoms with van der Waals surface area (Å²) < 4.78 is 5.76. The quantitative estimate of drug-likeness (QED) is 0.513. The van der Waals surface area contributed by atoms with Crippen molar-refractivity contribution in [2.24, 2.45) is 17.8 Å². The summed E-state index contributed by atoms with van der Waals surface area (Å²) in [4.78, 5) is 15.5. The average Bonchev–Trinajstić information content (AvgIpc) is 3.04. The van der Waals surface area contributed by atoms with Gasteiger partial charge < -0.3 is 25.6 Å². The highest BCUT2D eigenvalue weighted by molar-refractivity contribution is 7.80. The number of nitrogens with zero attached hydrogens (tertiary/aromatic N) is 1. The number of rotatable bonds is 5. The summed E-state index contributed by atoms with van der Waals surface area (Å²) >= 11 is 5.85. The van der Waals surface area contributed by atoms with Crippen molar-refractivity contribution < 1.29 is 9.53 Å². The van der Waals surface area contributed by atoms with Crippen LogP contribution in [0.1, 0.15) is 71.1 Å². The highest BCUT2D eigenvalue weighted by Crippen LogP contribution is 2.55. The summed E-state index contributed by atoms with van der Waals surface area (Å²) in [5.74, 6) is 3.35. The Morgan fingerprint density at radius 1 is 1.03 bits per heavy atom. The fourth-order valence-corrected chi connectivity index (χ4v) is 8.79. The van der Waals surface area contributed by atoms with Crippen LogP contribution in [0.3, 0.4) is 0 Å². The van der Waals surface area contributed by atoms with Gasteiger partial charge in [-0.05, 0) is 113 Å². The number of thiocarbonyl (C=S) groups is 1. The third-order valence-electron chi connectivity index (χ3n) is 9.15. The van der Waals surface area contributed by atoms with E-state index in [1.807, 2.05) is 31.2 Å². The second-order valence-corrected chi connectivity index (χ2v) is 12.0. The zero-order valence-electron chi connectivity index (χ0n) is 20.2. The molecule has 0 aromatic heterocycles. The molecule has 6 aliphatic rings. The summed E-state index contributed by atoms with van der Waals surface area (Å²) in [5.41, 5.74) is 0.988. The lowest BCUT2D eigenvalue weighted by molar-refractivity contribution is -0.0138. The molecule has 34 heavy (non-hydrogen) atoms. The van der Waals surface area contributed by atoms with Gasteiger partial charge in [0.15, 0.2) is 5.11 Å². The molecule has 4 saturated carbocycles. The Labute approximate surface area is 208 Å². The smallest absolute Gasteiger partial charge is 0.315 e. The van der Waals surface area contributed by atoms with E-state index in [0.717, 1.165) is 60.0 Å². The molecule has 2 atom stereocenters. The van der Waals surface area contributed by atoms with E-state index < -0.39 is 0 Å². The van der Waals surface area contributed by atoms with Crippen LogP contribution in [0.15, 0.2) is 24.3 Å². The maximum atomic E-state index is 13.1. The van der Waals surface area contributed by atoms with E-state index in [2.05, 4.69) is 20.9 Å². The third kappa shape index (κ3) is 4.25. The minimum absolute atomic E-state index is 0.0612. The Hall–Kier alpha value is -2.02. The number of hydrogen-bond donors (Lipinski definition) is 3. The van der Waals surface area contributed by atoms with Gasteiger partial charge in [0, 0.05) is 23.7 Å². The molecule has 6 bridgehead atoms. The zero-order chi connectivity index (χ0) is 23.3. The maximum absolute atomic E-state index is 13.1. The van der Waals surface area contributed by atoms with Gasteiger partial charge in [-0.3, -0.25) is 0 Å². The minimum atomic E-state index is 0.0612. The van der Waals surface area contributed by atoms with Crippen LogP contribution in [-0.4, -0.2) is 46.3 Å². The number of anilines is 1. The molecular formula is C27H38N4O2S. The van der Waals surface area contributed by atoms with E-state index in [1.165, 1.54) is 38.5 Å². The number of carbonyl (C=O) groups is 1. The van der Waals surface area contributed by atoms with Crippen molar-refractivity contribution in [3.05, 3.63) is 24.3 Å². The minimum Gasteiger partial charge on any atom is -0.492 e. The molecule has 2 amide bonds. The van der Waals surface area contributed by atoms with E-state index >= 15 is 0 Å². The normalized spacial score (nSPS) is 37.4. The van der Waals surface area contributed by atoms with Crippen LogP contribution in [0.5, 0.6) is 5.75 Å². The van der Waals surface area contributed by atoms with Crippen LogP contribution in [0, 0.1) is 17.8 Å². The maximum Gasteiger partial charge on any atom is 0.315 e. The predicted molar refractivity (Wildman–Crippen MR) is 138 cm³/mol. The molecule has 1 aromatic rings. The van der Waals surface area contributed by atoms with Crippen LogP contribution >= 0.6 is 12.2 Å². The second kappa shape index (κ2) is 8.89. The Morgan fingerprint density at radius 2 is 1.65 bits per heavy atom. The fraction of sp³-hybridized carbons (Fsp3) is 0.704. The van der Waals surface area contributed by atoms with E-state index in [0.29, 0.717) is 18.7 Å². The van der Waals surface area contributed by atoms with Crippen molar-refractivity contribution in [2.45, 2.75) is 94.8 Å². The van der Waals surface area contributed by atoms with Gasteiger partial charge in [-0.25, -0.2) is 4.79 Å². The van der Waals surface area contributed by atoms with Gasteiger partial charge >= 0.3 is 6.03 Å². The van der Waals surface area contributed by atoms with E-state index in [-0.39, 0.29) is 17.6 Å². The van der Waals surface area contributed by atoms with Gasteiger partial charge in [-0.15, -0.1) is 0 Å². The molecule has 1 aromatic carbocycles. The van der Waals surface area contributed by atoms with Crippen molar-refractivity contribution in [1.29, 1.82) is 0 Å². The number of carbonyl (C=O) groups excluding carboxylic acids is 1. The van der Waals surface area contributed by atoms with Crippen molar-refractivity contribution in [3.63, 3.8) is 0 Å². The van der Waals surface area contributed by atoms with Gasteiger partial charge in [-0.1, -0.05) is 12.1 Å². The zero-order valence-corrected chi connectivity index (χ0v) is 21.0. The first-order chi connectivity index (χ1) is 16.5. The molecule has 7 rings (SSSR count). The van der Waals surface area contributed by atoms with Crippen LogP contribution in [0.2, 0.25) is 0 Å². The molecule has 7 heteroatoms. The van der Waals surface area contributed by atoms with Gasteiger partial charge in [0.05, 0.1) is 12.3 Å². The van der Waals surface area contributed by atoms with E-state index in [4.69, 9.17) is 17.0 Å². The van der Waals surface area contributed by atoms with Crippen molar-refractivity contribution in [2.75, 3.05) is 11.9 Å². The molecule has 3 N–H and O–H groups in total. The molecule has 6 fully saturated rings. The van der Waals surface area contributed by atoms with Crippen molar-refractivity contribution in [3.8, 4) is 5.75 Å². The molecule has 4 aliphatic carbocycles. The summed E-state index contributed by atoms with van der Waals surface area (Å²) in [5, 5.41) is 11.1. The molecule has 2 aliphatic heterocycles. The van der Waals surface area contributed by atoms with Crippen LogP contribution in [0.25, 0.3) is 0 Å². The van der Waals surface area contributed by atoms with Crippen molar-refractivity contribution in [1.82, 2.24) is 15.5 Å². The molecule has 0 unspecified atom stereocenters. The number of ether oxygens (including phenoxy) is 1. The Bertz CT molecular complexity index is 903. The van der Waals surface area contributed by atoms with Crippen molar-refractivity contribution >= 4 is 29.0 Å². The molecule has 0 radical (unpaired) electrons. The SMILES string of the molecule is CCOc1ccccc1NC(=S)N1[C@H]2CC[C@H]1CC(NC(=O)NC13CC4CC(CC(C4)C1)C3)C2. The number of piperidine rings is 1. The second-order valence-electron chi connectivity index (χ2n) is 11.6. The number of hydrogen-bond acceptors (Lipinski definition) is 3. The number of urea groups is 1. The number of fused-ring (bicyclic) bond motifs is 2. The summed E-state index contributed by atoms with van der Waals surface area (Å²) in [6, 6.07) is 9.01. The number of para-hydroxylation sites is 2. The Balaban J connectivity index is 1.05. The first-order valence-corrected chi connectivity index (χ1v) is 13.8. The van der Waals surface area contributed by atoms with E-state index in [9.17, 15) is 4.79 Å². The highest BCUT2D eigenvalue weighted by atomic mass is 32.1. The third-order valence-corrected chi connectivity index (χ3v) is 9.46. The Kier molecular flexibility index (Phi) is 5.87. The summed E-state index contributed by atoms with van der Waals surface area (Å²) in [7, 11) is 0. The summed E-state index contributed by atoms with van der Waals surface area (Å²) in [6.07, 6.45) is 12.0. The van der Waals surface area contributed by atoms with E-state index in [1.54, 1.807) is 0 Å². The fourth-order valence-electron chi connectivity index (χ4n) is 8.38.